The number of hydrogen-bond donors (Lipinski definition) is 0. The van der Waals surface area contributed by atoms with E-state index in [4.69, 9.17) is 9.47 Å². The molecule has 2 fully saturated rings. The first-order valence-electron chi connectivity index (χ1n) is 16.4. The van der Waals surface area contributed by atoms with E-state index >= 15 is 0 Å². The highest BCUT2D eigenvalue weighted by molar-refractivity contribution is 5.79. The summed E-state index contributed by atoms with van der Waals surface area (Å²) >= 11 is 0. The van der Waals surface area contributed by atoms with Crippen molar-refractivity contribution in [3.63, 3.8) is 0 Å². The number of carbonyl (C=O) groups excluding carboxylic acids is 2. The second-order valence-electron chi connectivity index (χ2n) is 12.1. The molecule has 0 N–H and O–H groups in total. The van der Waals surface area contributed by atoms with Gasteiger partial charge >= 0.3 is 11.9 Å². The van der Waals surface area contributed by atoms with Crippen LogP contribution in [0.5, 0.6) is 0 Å². The molecular formula is C35H55NO4. The largest absolute Gasteiger partial charge is 0.464 e. The van der Waals surface area contributed by atoms with Gasteiger partial charge in [0.1, 0.15) is 18.6 Å². The van der Waals surface area contributed by atoms with Crippen molar-refractivity contribution in [3.05, 3.63) is 48.0 Å². The van der Waals surface area contributed by atoms with Crippen LogP contribution in [0.4, 0.5) is 0 Å². The van der Waals surface area contributed by atoms with E-state index in [9.17, 15) is 9.59 Å². The second kappa shape index (κ2) is 19.1. The van der Waals surface area contributed by atoms with Gasteiger partial charge in [-0.15, -0.1) is 0 Å². The molecule has 0 spiro atoms. The van der Waals surface area contributed by atoms with E-state index in [0.29, 0.717) is 18.5 Å². The number of unbranched alkanes of at least 4 members (excludes halogenated alkanes) is 11. The maximum Gasteiger partial charge on any atom is 0.317 e. The zero-order valence-electron chi connectivity index (χ0n) is 25.4. The Labute approximate surface area is 244 Å². The molecule has 0 amide bonds. The van der Waals surface area contributed by atoms with Crippen molar-refractivity contribution in [2.24, 2.45) is 0 Å². The van der Waals surface area contributed by atoms with Gasteiger partial charge in [0.2, 0.25) is 0 Å². The third-order valence-corrected chi connectivity index (χ3v) is 8.88. The van der Waals surface area contributed by atoms with Crippen LogP contribution in [0.1, 0.15) is 134 Å². The van der Waals surface area contributed by atoms with E-state index in [1.165, 1.54) is 70.6 Å². The monoisotopic (exact) mass is 553 g/mol. The maximum atomic E-state index is 13.2. The highest BCUT2D eigenvalue weighted by atomic mass is 16.6. The third kappa shape index (κ3) is 11.8. The molecule has 2 bridgehead atoms. The van der Waals surface area contributed by atoms with Gasteiger partial charge in [-0.05, 0) is 70.4 Å². The molecule has 1 unspecified atom stereocenters. The average molecular weight is 554 g/mol. The normalized spacial score (nSPS) is 21.5. The Morgan fingerprint density at radius 3 is 2.05 bits per heavy atom. The third-order valence-electron chi connectivity index (χ3n) is 8.88. The lowest BCUT2D eigenvalue weighted by molar-refractivity contribution is -0.158. The fourth-order valence-corrected chi connectivity index (χ4v) is 6.28. The summed E-state index contributed by atoms with van der Waals surface area (Å²) in [5.41, 5.74) is 0.845. The van der Waals surface area contributed by atoms with E-state index in [-0.39, 0.29) is 24.6 Å². The standard InChI is InChI=1S/C35H55NO4/c1-3-4-5-6-7-8-9-10-11-12-13-14-15-16-20-23-34(37)39-28-33(29-21-18-17-19-22-29)35(38)40-32-26-30-24-25-31(27-32)36(30)2/h10-11,17-19,21-22,30-33H,3-9,12-16,20,23-28H2,1-2H3/b11-10-/t30-,31+,32?,33-/m1/s1. The molecule has 2 heterocycles. The topological polar surface area (TPSA) is 55.8 Å². The Morgan fingerprint density at radius 2 is 1.43 bits per heavy atom. The van der Waals surface area contributed by atoms with E-state index < -0.39 is 5.92 Å². The number of nitrogens with zero attached hydrogens (tertiary/aromatic N) is 1. The Morgan fingerprint density at radius 1 is 0.850 bits per heavy atom. The van der Waals surface area contributed by atoms with Gasteiger partial charge in [-0.25, -0.2) is 0 Å². The van der Waals surface area contributed by atoms with Crippen LogP contribution in [0.3, 0.4) is 0 Å². The van der Waals surface area contributed by atoms with Crippen LogP contribution in [0, 0.1) is 0 Å². The van der Waals surface area contributed by atoms with Crippen LogP contribution in [0.25, 0.3) is 0 Å². The summed E-state index contributed by atoms with van der Waals surface area (Å²) in [4.78, 5) is 28.1. The van der Waals surface area contributed by atoms with Crippen LogP contribution >= 0.6 is 0 Å². The molecule has 224 valence electrons. The summed E-state index contributed by atoms with van der Waals surface area (Å²) in [5, 5.41) is 0. The Balaban J connectivity index is 1.26. The second-order valence-corrected chi connectivity index (χ2v) is 12.1. The quantitative estimate of drug-likeness (QED) is 0.0920. The number of esters is 2. The van der Waals surface area contributed by atoms with Crippen LogP contribution in [0.15, 0.2) is 42.5 Å². The number of fused-ring (bicyclic) bond motifs is 2. The van der Waals surface area contributed by atoms with Crippen molar-refractivity contribution in [1.82, 2.24) is 4.90 Å². The number of rotatable bonds is 20. The van der Waals surface area contributed by atoms with Gasteiger partial charge in [-0.3, -0.25) is 9.59 Å². The lowest BCUT2D eigenvalue weighted by Crippen LogP contribution is -2.44. The molecule has 0 aliphatic carbocycles. The van der Waals surface area contributed by atoms with Gasteiger partial charge in [0, 0.05) is 18.5 Å². The molecule has 2 aliphatic rings. The van der Waals surface area contributed by atoms with Crippen molar-refractivity contribution in [2.45, 2.75) is 147 Å². The smallest absolute Gasteiger partial charge is 0.317 e. The molecule has 0 aromatic heterocycles. The first-order chi connectivity index (χ1) is 19.6. The summed E-state index contributed by atoms with van der Waals surface area (Å²) in [6, 6.07) is 10.6. The fourth-order valence-electron chi connectivity index (χ4n) is 6.28. The van der Waals surface area contributed by atoms with E-state index in [1.54, 1.807) is 0 Å². The van der Waals surface area contributed by atoms with Crippen LogP contribution in [-0.4, -0.2) is 48.7 Å². The molecule has 2 saturated heterocycles. The summed E-state index contributed by atoms with van der Waals surface area (Å²) in [6.45, 7) is 2.31. The number of piperidine rings is 1. The van der Waals surface area contributed by atoms with Crippen LogP contribution in [0.2, 0.25) is 0 Å². The molecule has 0 radical (unpaired) electrons. The molecule has 3 rings (SSSR count). The molecule has 40 heavy (non-hydrogen) atoms. The molecule has 1 aromatic rings. The van der Waals surface area contributed by atoms with Crippen molar-refractivity contribution in [1.29, 1.82) is 0 Å². The van der Waals surface area contributed by atoms with Crippen molar-refractivity contribution in [3.8, 4) is 0 Å². The lowest BCUT2D eigenvalue weighted by Gasteiger charge is -2.36. The van der Waals surface area contributed by atoms with Gasteiger partial charge < -0.3 is 14.4 Å². The predicted octanol–water partition coefficient (Wildman–Crippen LogP) is 8.52. The summed E-state index contributed by atoms with van der Waals surface area (Å²) in [6.07, 6.45) is 25.2. The van der Waals surface area contributed by atoms with Gasteiger partial charge in [0.05, 0.1) is 0 Å². The number of benzene rings is 1. The van der Waals surface area contributed by atoms with Gasteiger partial charge in [-0.1, -0.05) is 101 Å². The highest BCUT2D eigenvalue weighted by Crippen LogP contribution is 2.36. The van der Waals surface area contributed by atoms with Gasteiger partial charge in [0.15, 0.2) is 0 Å². The lowest BCUT2D eigenvalue weighted by atomic mass is 9.98. The zero-order chi connectivity index (χ0) is 28.4. The maximum absolute atomic E-state index is 13.2. The van der Waals surface area contributed by atoms with Crippen LogP contribution in [-0.2, 0) is 19.1 Å². The first kappa shape index (κ1) is 32.4. The molecule has 0 saturated carbocycles. The first-order valence-corrected chi connectivity index (χ1v) is 16.4. The fraction of sp³-hybridized carbons (Fsp3) is 0.714. The van der Waals surface area contributed by atoms with Crippen molar-refractivity contribution < 1.29 is 19.1 Å². The summed E-state index contributed by atoms with van der Waals surface area (Å²) < 4.78 is 11.6. The molecule has 5 nitrogen and oxygen atoms in total. The SMILES string of the molecule is CCCCCCCC/C=C\CCCCCCCC(=O)OC[C@@H](C(=O)OC1C[C@H]2CC[C@@H](C1)N2C)c1ccccc1. The minimum atomic E-state index is -0.573. The van der Waals surface area contributed by atoms with E-state index in [2.05, 4.69) is 31.0 Å². The van der Waals surface area contributed by atoms with Crippen molar-refractivity contribution >= 4 is 11.9 Å². The molecular weight excluding hydrogens is 498 g/mol. The Bertz CT molecular complexity index is 855. The summed E-state index contributed by atoms with van der Waals surface area (Å²) in [5.74, 6) is -1.06. The zero-order valence-corrected chi connectivity index (χ0v) is 25.4. The van der Waals surface area contributed by atoms with Gasteiger partial charge in [0.25, 0.3) is 0 Å². The number of allylic oxidation sites excluding steroid dienone is 2. The minimum Gasteiger partial charge on any atom is -0.464 e. The van der Waals surface area contributed by atoms with E-state index in [1.807, 2.05) is 30.3 Å². The van der Waals surface area contributed by atoms with Crippen molar-refractivity contribution in [2.75, 3.05) is 13.7 Å². The average Bonchev–Trinajstić information content (AvgIpc) is 3.15. The molecule has 2 aliphatic heterocycles. The molecule has 1 aromatic carbocycles. The number of ether oxygens (including phenoxy) is 2. The predicted molar refractivity (Wildman–Crippen MR) is 163 cm³/mol. The molecule has 4 atom stereocenters. The Hall–Kier alpha value is -2.14. The summed E-state index contributed by atoms with van der Waals surface area (Å²) in [7, 11) is 2.18. The minimum absolute atomic E-state index is 0.0427. The molecule has 5 heteroatoms. The number of hydrogen-bond acceptors (Lipinski definition) is 5. The number of carbonyl (C=O) groups is 2. The van der Waals surface area contributed by atoms with Crippen LogP contribution < -0.4 is 0 Å². The van der Waals surface area contributed by atoms with E-state index in [0.717, 1.165) is 44.1 Å². The Kier molecular flexibility index (Phi) is 15.4. The van der Waals surface area contributed by atoms with Gasteiger partial charge in [-0.2, -0.15) is 0 Å². The highest BCUT2D eigenvalue weighted by Gasteiger charge is 2.40.